The van der Waals surface area contributed by atoms with Gasteiger partial charge in [0.2, 0.25) is 0 Å². The molecule has 0 atom stereocenters. The monoisotopic (exact) mass is 352 g/mol. The van der Waals surface area contributed by atoms with Crippen LogP contribution in [0.3, 0.4) is 0 Å². The molecule has 1 aromatic heterocycles. The lowest BCUT2D eigenvalue weighted by molar-refractivity contribution is -0.122. The van der Waals surface area contributed by atoms with Gasteiger partial charge in [-0.05, 0) is 26.0 Å². The van der Waals surface area contributed by atoms with Crippen molar-refractivity contribution in [3.05, 3.63) is 36.3 Å². The summed E-state index contributed by atoms with van der Waals surface area (Å²) in [5.74, 6) is 0.737. The zero-order valence-corrected chi connectivity index (χ0v) is 14.6. The van der Waals surface area contributed by atoms with Crippen LogP contribution in [0.25, 0.3) is 0 Å². The van der Waals surface area contributed by atoms with Crippen molar-refractivity contribution in [2.45, 2.75) is 18.9 Å². The molecule has 24 heavy (non-hydrogen) atoms. The first kappa shape index (κ1) is 17.8. The van der Waals surface area contributed by atoms with Gasteiger partial charge in [-0.15, -0.1) is 0 Å². The standard InChI is InChI=1S/C15H20N4O4S/c1-4-16-14(20)10-23-13-7-5-6-12(8-13)18-24(21,22)15-9-19(3)11(2)17-15/h5-9,18H,4,10H2,1-3H3,(H,16,20). The number of sulfonamides is 1. The van der Waals surface area contributed by atoms with E-state index in [4.69, 9.17) is 4.74 Å². The van der Waals surface area contributed by atoms with Crippen LogP contribution in [0.5, 0.6) is 5.75 Å². The number of anilines is 1. The van der Waals surface area contributed by atoms with Crippen molar-refractivity contribution < 1.29 is 17.9 Å². The van der Waals surface area contributed by atoms with E-state index in [1.54, 1.807) is 36.7 Å². The number of nitrogens with zero attached hydrogens (tertiary/aromatic N) is 2. The van der Waals surface area contributed by atoms with Gasteiger partial charge in [0.15, 0.2) is 11.6 Å². The molecule has 130 valence electrons. The summed E-state index contributed by atoms with van der Waals surface area (Å²) in [4.78, 5) is 15.4. The molecule has 0 aliphatic rings. The summed E-state index contributed by atoms with van der Waals surface area (Å²) in [6, 6.07) is 6.37. The Bertz CT molecular complexity index is 810. The number of aromatic nitrogens is 2. The van der Waals surface area contributed by atoms with Gasteiger partial charge >= 0.3 is 0 Å². The maximum Gasteiger partial charge on any atom is 0.280 e. The summed E-state index contributed by atoms with van der Waals surface area (Å²) in [5.41, 5.74) is 0.326. The van der Waals surface area contributed by atoms with Crippen LogP contribution in [0.4, 0.5) is 5.69 Å². The smallest absolute Gasteiger partial charge is 0.280 e. The Kier molecular flexibility index (Phi) is 5.45. The van der Waals surface area contributed by atoms with E-state index in [1.165, 1.54) is 12.3 Å². The highest BCUT2D eigenvalue weighted by molar-refractivity contribution is 7.92. The highest BCUT2D eigenvalue weighted by Gasteiger charge is 2.18. The molecule has 0 saturated heterocycles. The molecule has 0 bridgehead atoms. The van der Waals surface area contributed by atoms with Crippen LogP contribution in [0.2, 0.25) is 0 Å². The van der Waals surface area contributed by atoms with Crippen LogP contribution >= 0.6 is 0 Å². The van der Waals surface area contributed by atoms with Gasteiger partial charge in [0.1, 0.15) is 11.6 Å². The Hall–Kier alpha value is -2.55. The Morgan fingerprint density at radius 2 is 2.12 bits per heavy atom. The number of carbonyl (C=O) groups is 1. The fourth-order valence-corrected chi connectivity index (χ4v) is 3.00. The number of nitrogens with one attached hydrogen (secondary N) is 2. The second-order valence-corrected chi connectivity index (χ2v) is 6.74. The van der Waals surface area contributed by atoms with Crippen LogP contribution in [0.15, 0.2) is 35.5 Å². The molecule has 0 fully saturated rings. The van der Waals surface area contributed by atoms with E-state index in [1.807, 2.05) is 6.92 Å². The highest BCUT2D eigenvalue weighted by atomic mass is 32.2. The number of amides is 1. The Balaban J connectivity index is 2.09. The molecule has 0 unspecified atom stereocenters. The molecule has 0 spiro atoms. The van der Waals surface area contributed by atoms with Gasteiger partial charge in [0.25, 0.3) is 15.9 Å². The SMILES string of the molecule is CCNC(=O)COc1cccc(NS(=O)(=O)c2cn(C)c(C)n2)c1. The number of hydrogen-bond acceptors (Lipinski definition) is 5. The van der Waals surface area contributed by atoms with Gasteiger partial charge in [-0.1, -0.05) is 6.07 Å². The molecule has 2 aromatic rings. The van der Waals surface area contributed by atoms with Gasteiger partial charge in [-0.3, -0.25) is 9.52 Å². The average molecular weight is 352 g/mol. The summed E-state index contributed by atoms with van der Waals surface area (Å²) in [7, 11) is -2.07. The molecule has 8 nitrogen and oxygen atoms in total. The second-order valence-electron chi connectivity index (χ2n) is 5.11. The molecule has 1 aromatic carbocycles. The third kappa shape index (κ3) is 4.48. The maximum atomic E-state index is 12.3. The molecule has 2 rings (SSSR count). The lowest BCUT2D eigenvalue weighted by Gasteiger charge is -2.09. The van der Waals surface area contributed by atoms with E-state index in [9.17, 15) is 13.2 Å². The van der Waals surface area contributed by atoms with Crippen LogP contribution < -0.4 is 14.8 Å². The van der Waals surface area contributed by atoms with Crippen LogP contribution in [-0.2, 0) is 21.9 Å². The summed E-state index contributed by atoms with van der Waals surface area (Å²) < 4.78 is 34.1. The molecule has 2 N–H and O–H groups in total. The number of ether oxygens (including phenoxy) is 1. The van der Waals surface area contributed by atoms with E-state index in [0.29, 0.717) is 23.8 Å². The Morgan fingerprint density at radius 1 is 1.38 bits per heavy atom. The van der Waals surface area contributed by atoms with E-state index >= 15 is 0 Å². The molecule has 1 amide bonds. The first-order valence-electron chi connectivity index (χ1n) is 7.34. The quantitative estimate of drug-likeness (QED) is 0.775. The van der Waals surface area contributed by atoms with Crippen molar-refractivity contribution in [1.29, 1.82) is 0 Å². The molecular formula is C15H20N4O4S. The third-order valence-corrected chi connectivity index (χ3v) is 4.44. The Morgan fingerprint density at radius 3 is 2.75 bits per heavy atom. The van der Waals surface area contributed by atoms with Crippen molar-refractivity contribution in [3.8, 4) is 5.75 Å². The third-order valence-electron chi connectivity index (χ3n) is 3.19. The van der Waals surface area contributed by atoms with Crippen molar-refractivity contribution in [3.63, 3.8) is 0 Å². The van der Waals surface area contributed by atoms with Gasteiger partial charge in [-0.2, -0.15) is 8.42 Å². The predicted molar refractivity (Wildman–Crippen MR) is 89.4 cm³/mol. The minimum atomic E-state index is -3.79. The van der Waals surface area contributed by atoms with Gasteiger partial charge in [0, 0.05) is 25.9 Å². The number of likely N-dealkylation sites (N-methyl/N-ethyl adjacent to an activating group) is 1. The number of carbonyl (C=O) groups excluding carboxylic acids is 1. The molecule has 0 saturated carbocycles. The predicted octanol–water partition coefficient (Wildman–Crippen LogP) is 1.04. The van der Waals surface area contributed by atoms with Gasteiger partial charge in [-0.25, -0.2) is 4.98 Å². The van der Waals surface area contributed by atoms with E-state index < -0.39 is 10.0 Å². The van der Waals surface area contributed by atoms with Crippen LogP contribution in [0, 0.1) is 6.92 Å². The van der Waals surface area contributed by atoms with Crippen LogP contribution in [0.1, 0.15) is 12.7 Å². The van der Waals surface area contributed by atoms with Crippen molar-refractivity contribution >= 4 is 21.6 Å². The summed E-state index contributed by atoms with van der Waals surface area (Å²) in [6.07, 6.45) is 1.44. The van der Waals surface area contributed by atoms with Gasteiger partial charge < -0.3 is 14.6 Å². The van der Waals surface area contributed by atoms with Crippen molar-refractivity contribution in [2.75, 3.05) is 17.9 Å². The zero-order chi connectivity index (χ0) is 17.7. The average Bonchev–Trinajstić information content (AvgIpc) is 2.86. The summed E-state index contributed by atoms with van der Waals surface area (Å²) in [6.45, 7) is 3.91. The van der Waals surface area contributed by atoms with E-state index in [0.717, 1.165) is 0 Å². The molecule has 9 heteroatoms. The number of rotatable bonds is 7. The fourth-order valence-electron chi connectivity index (χ4n) is 1.91. The van der Waals surface area contributed by atoms with Crippen LogP contribution in [-0.4, -0.2) is 37.0 Å². The fraction of sp³-hybridized carbons (Fsp3) is 0.333. The minimum absolute atomic E-state index is 0.0591. The maximum absolute atomic E-state index is 12.3. The van der Waals surface area contributed by atoms with E-state index in [-0.39, 0.29) is 17.5 Å². The largest absolute Gasteiger partial charge is 0.484 e. The number of benzene rings is 1. The summed E-state index contributed by atoms with van der Waals surface area (Å²) in [5, 5.41) is 2.55. The summed E-state index contributed by atoms with van der Waals surface area (Å²) >= 11 is 0. The molecule has 0 radical (unpaired) electrons. The van der Waals surface area contributed by atoms with Crippen molar-refractivity contribution in [1.82, 2.24) is 14.9 Å². The molecule has 0 aliphatic heterocycles. The van der Waals surface area contributed by atoms with Gasteiger partial charge in [0.05, 0.1) is 5.69 Å². The number of hydrogen-bond donors (Lipinski definition) is 2. The first-order chi connectivity index (χ1) is 11.3. The van der Waals surface area contributed by atoms with Crippen molar-refractivity contribution in [2.24, 2.45) is 7.05 Å². The highest BCUT2D eigenvalue weighted by Crippen LogP contribution is 2.20. The lowest BCUT2D eigenvalue weighted by Crippen LogP contribution is -2.28. The second kappa shape index (κ2) is 7.35. The molecular weight excluding hydrogens is 332 g/mol. The normalized spacial score (nSPS) is 11.1. The minimum Gasteiger partial charge on any atom is -0.484 e. The molecule has 1 heterocycles. The van der Waals surface area contributed by atoms with E-state index in [2.05, 4.69) is 15.0 Å². The number of aryl methyl sites for hydroxylation is 2. The lowest BCUT2D eigenvalue weighted by atomic mass is 10.3. The first-order valence-corrected chi connectivity index (χ1v) is 8.82. The topological polar surface area (TPSA) is 102 Å². The molecule has 0 aliphatic carbocycles. The Labute approximate surface area is 140 Å². The number of imidazole rings is 1. The zero-order valence-electron chi connectivity index (χ0n) is 13.7.